The van der Waals surface area contributed by atoms with Gasteiger partial charge in [0.05, 0.1) is 13.0 Å². The van der Waals surface area contributed by atoms with E-state index in [-0.39, 0.29) is 19.4 Å². The van der Waals surface area contributed by atoms with Gasteiger partial charge in [0.1, 0.15) is 6.04 Å². The van der Waals surface area contributed by atoms with Crippen molar-refractivity contribution in [3.63, 3.8) is 0 Å². The lowest BCUT2D eigenvalue weighted by molar-refractivity contribution is -0.757. The standard InChI is InChI=1S/C8H12N2O8/c11-6(2-1-3-18-10(16)17)9-5(8(14)15)4-7(12)13/h5H,1-4H2,(H,9,11)(H,12,13)(H,14,15). The number of hydrogen-bond acceptors (Lipinski definition) is 6. The van der Waals surface area contributed by atoms with E-state index in [1.54, 1.807) is 0 Å². The van der Waals surface area contributed by atoms with Gasteiger partial charge in [-0.15, -0.1) is 10.1 Å². The van der Waals surface area contributed by atoms with Gasteiger partial charge in [0, 0.05) is 6.42 Å². The molecule has 0 bridgehead atoms. The van der Waals surface area contributed by atoms with Crippen molar-refractivity contribution in [2.45, 2.75) is 25.3 Å². The van der Waals surface area contributed by atoms with Gasteiger partial charge in [-0.25, -0.2) is 4.79 Å². The Balaban J connectivity index is 3.99. The van der Waals surface area contributed by atoms with Gasteiger partial charge in [-0.05, 0) is 6.42 Å². The molecule has 0 rings (SSSR count). The van der Waals surface area contributed by atoms with Crippen molar-refractivity contribution < 1.29 is 34.5 Å². The molecule has 0 aliphatic rings. The number of nitrogens with one attached hydrogen (secondary N) is 1. The molecular weight excluding hydrogens is 252 g/mol. The maximum atomic E-state index is 11.2. The molecule has 0 saturated heterocycles. The Morgan fingerprint density at radius 1 is 1.33 bits per heavy atom. The number of nitrogens with zero attached hydrogens (tertiary/aromatic N) is 1. The predicted octanol–water partition coefficient (Wildman–Crippen LogP) is -0.981. The molecule has 0 fully saturated rings. The van der Waals surface area contributed by atoms with Crippen LogP contribution in [0.25, 0.3) is 0 Å². The first-order chi connectivity index (χ1) is 8.32. The average Bonchev–Trinajstić information content (AvgIpc) is 2.22. The topological polar surface area (TPSA) is 156 Å². The molecule has 0 aliphatic heterocycles. The third-order valence-corrected chi connectivity index (χ3v) is 1.76. The number of hydrogen-bond donors (Lipinski definition) is 3. The average molecular weight is 264 g/mol. The van der Waals surface area contributed by atoms with Crippen molar-refractivity contribution in [1.29, 1.82) is 0 Å². The van der Waals surface area contributed by atoms with Crippen molar-refractivity contribution in [3.05, 3.63) is 10.1 Å². The van der Waals surface area contributed by atoms with Crippen molar-refractivity contribution in [2.75, 3.05) is 6.61 Å². The Morgan fingerprint density at radius 2 is 1.94 bits per heavy atom. The van der Waals surface area contributed by atoms with Crippen LogP contribution in [0.4, 0.5) is 0 Å². The second-order valence-electron chi connectivity index (χ2n) is 3.22. The zero-order valence-corrected chi connectivity index (χ0v) is 9.20. The summed E-state index contributed by atoms with van der Waals surface area (Å²) in [6.45, 7) is -0.295. The summed E-state index contributed by atoms with van der Waals surface area (Å²) in [5.41, 5.74) is 0. The van der Waals surface area contributed by atoms with E-state index in [1.165, 1.54) is 0 Å². The molecule has 3 N–H and O–H groups in total. The van der Waals surface area contributed by atoms with Gasteiger partial charge in [-0.3, -0.25) is 9.59 Å². The molecule has 1 unspecified atom stereocenters. The summed E-state index contributed by atoms with van der Waals surface area (Å²) in [6.07, 6.45) is -0.921. The van der Waals surface area contributed by atoms with E-state index in [0.717, 1.165) is 0 Å². The van der Waals surface area contributed by atoms with Crippen LogP contribution in [0.5, 0.6) is 0 Å². The molecule has 18 heavy (non-hydrogen) atoms. The minimum atomic E-state index is -1.52. The van der Waals surface area contributed by atoms with E-state index in [0.29, 0.717) is 0 Å². The maximum Gasteiger partial charge on any atom is 0.326 e. The lowest BCUT2D eigenvalue weighted by atomic mass is 10.2. The van der Waals surface area contributed by atoms with E-state index in [1.807, 2.05) is 5.32 Å². The second-order valence-corrected chi connectivity index (χ2v) is 3.22. The lowest BCUT2D eigenvalue weighted by Gasteiger charge is -2.11. The van der Waals surface area contributed by atoms with E-state index in [2.05, 4.69) is 4.84 Å². The third-order valence-electron chi connectivity index (χ3n) is 1.76. The number of carbonyl (C=O) groups is 3. The molecule has 1 amide bonds. The Kier molecular flexibility index (Phi) is 6.78. The quantitative estimate of drug-likeness (QED) is 0.272. The van der Waals surface area contributed by atoms with Crippen LogP contribution in [0.2, 0.25) is 0 Å². The predicted molar refractivity (Wildman–Crippen MR) is 54.0 cm³/mol. The van der Waals surface area contributed by atoms with Crippen LogP contribution in [0.15, 0.2) is 0 Å². The third kappa shape index (κ3) is 7.84. The van der Waals surface area contributed by atoms with Crippen LogP contribution in [0.1, 0.15) is 19.3 Å². The maximum absolute atomic E-state index is 11.2. The van der Waals surface area contributed by atoms with Crippen LogP contribution in [-0.4, -0.2) is 45.8 Å². The summed E-state index contributed by atoms with van der Waals surface area (Å²) in [6, 6.07) is -1.52. The number of amides is 1. The SMILES string of the molecule is O=C(O)CC(NC(=O)CCCO[N+](=O)[O-])C(=O)O. The smallest absolute Gasteiger partial charge is 0.326 e. The van der Waals surface area contributed by atoms with Gasteiger partial charge in [0.2, 0.25) is 5.91 Å². The molecule has 10 nitrogen and oxygen atoms in total. The molecule has 0 aromatic heterocycles. The Labute approximate surface area is 101 Å². The first-order valence-electron chi connectivity index (χ1n) is 4.84. The molecule has 1 atom stereocenters. The van der Waals surface area contributed by atoms with Gasteiger partial charge in [0.25, 0.3) is 5.09 Å². The van der Waals surface area contributed by atoms with Gasteiger partial charge in [-0.1, -0.05) is 0 Å². The van der Waals surface area contributed by atoms with E-state index in [4.69, 9.17) is 10.2 Å². The largest absolute Gasteiger partial charge is 0.481 e. The zero-order chi connectivity index (χ0) is 14.1. The summed E-state index contributed by atoms with van der Waals surface area (Å²) < 4.78 is 0. The molecule has 102 valence electrons. The van der Waals surface area contributed by atoms with Crippen LogP contribution < -0.4 is 5.32 Å². The van der Waals surface area contributed by atoms with Crippen LogP contribution in [0, 0.1) is 10.1 Å². The van der Waals surface area contributed by atoms with Crippen molar-refractivity contribution in [1.82, 2.24) is 5.32 Å². The van der Waals surface area contributed by atoms with Crippen molar-refractivity contribution >= 4 is 17.8 Å². The fourth-order valence-corrected chi connectivity index (χ4v) is 1.01. The number of carbonyl (C=O) groups excluding carboxylic acids is 1. The van der Waals surface area contributed by atoms with Crippen LogP contribution in [0.3, 0.4) is 0 Å². The van der Waals surface area contributed by atoms with E-state index >= 15 is 0 Å². The highest BCUT2D eigenvalue weighted by molar-refractivity contribution is 5.86. The zero-order valence-electron chi connectivity index (χ0n) is 9.20. The Morgan fingerprint density at radius 3 is 2.39 bits per heavy atom. The van der Waals surface area contributed by atoms with Crippen LogP contribution in [-0.2, 0) is 19.2 Å². The summed E-state index contributed by atoms with van der Waals surface area (Å²) in [5, 5.41) is 27.8. The molecule has 0 saturated carbocycles. The number of rotatable bonds is 9. The molecular formula is C8H12N2O8. The highest BCUT2D eigenvalue weighted by Gasteiger charge is 2.22. The fraction of sp³-hybridized carbons (Fsp3) is 0.625. The second kappa shape index (κ2) is 7.81. The summed E-state index contributed by atoms with van der Waals surface area (Å²) in [5.74, 6) is -3.54. The van der Waals surface area contributed by atoms with Gasteiger partial charge >= 0.3 is 11.9 Å². The molecule has 10 heteroatoms. The van der Waals surface area contributed by atoms with E-state index in [9.17, 15) is 24.5 Å². The molecule has 0 heterocycles. The minimum Gasteiger partial charge on any atom is -0.481 e. The number of carboxylic acid groups (broad SMARTS) is 2. The molecule has 0 spiro atoms. The fourth-order valence-electron chi connectivity index (χ4n) is 1.01. The molecule has 0 aromatic rings. The van der Waals surface area contributed by atoms with Crippen molar-refractivity contribution in [3.8, 4) is 0 Å². The summed E-state index contributed by atoms with van der Waals surface area (Å²) in [7, 11) is 0. The van der Waals surface area contributed by atoms with Crippen molar-refractivity contribution in [2.24, 2.45) is 0 Å². The Bertz CT molecular complexity index is 342. The summed E-state index contributed by atoms with van der Waals surface area (Å²) >= 11 is 0. The van der Waals surface area contributed by atoms with Gasteiger partial charge < -0.3 is 20.4 Å². The first-order valence-corrected chi connectivity index (χ1v) is 4.84. The Hall–Kier alpha value is -2.39. The van der Waals surface area contributed by atoms with Crippen LogP contribution >= 0.6 is 0 Å². The highest BCUT2D eigenvalue weighted by atomic mass is 16.9. The summed E-state index contributed by atoms with van der Waals surface area (Å²) in [4.78, 5) is 45.8. The normalized spacial score (nSPS) is 11.3. The highest BCUT2D eigenvalue weighted by Crippen LogP contribution is 1.96. The number of carboxylic acids is 2. The monoisotopic (exact) mass is 264 g/mol. The number of aliphatic carboxylic acids is 2. The van der Waals surface area contributed by atoms with Gasteiger partial charge in [0.15, 0.2) is 0 Å². The lowest BCUT2D eigenvalue weighted by Crippen LogP contribution is -2.42. The molecule has 0 aromatic carbocycles. The van der Waals surface area contributed by atoms with E-state index < -0.39 is 35.4 Å². The van der Waals surface area contributed by atoms with Gasteiger partial charge in [-0.2, -0.15) is 0 Å². The first kappa shape index (κ1) is 15.6. The molecule has 0 radical (unpaired) electrons. The minimum absolute atomic E-state index is 0.0201. The molecule has 0 aliphatic carbocycles.